The highest BCUT2D eigenvalue weighted by Gasteiger charge is 2.34. The van der Waals surface area contributed by atoms with Crippen molar-refractivity contribution in [1.29, 1.82) is 5.26 Å². The maximum Gasteiger partial charge on any atom is 0.407 e. The zero-order valence-corrected chi connectivity index (χ0v) is 23.9. The molecule has 1 aromatic heterocycles. The molecule has 0 radical (unpaired) electrons. The number of nitriles is 1. The van der Waals surface area contributed by atoms with Crippen LogP contribution in [0.15, 0.2) is 36.4 Å². The van der Waals surface area contributed by atoms with E-state index in [-0.39, 0.29) is 6.42 Å². The summed E-state index contributed by atoms with van der Waals surface area (Å²) in [5, 5.41) is 21.9. The third-order valence-electron chi connectivity index (χ3n) is 8.49. The lowest BCUT2D eigenvalue weighted by atomic mass is 10.0. The highest BCUT2D eigenvalue weighted by Crippen LogP contribution is 2.37. The fraction of sp³-hybridized carbons (Fsp3) is 0.467. The standard InChI is InChI=1S/C30H34ClN7O3/c1-35-12-9-20(16-35)19-41-29-33-25-18-36(26-7-3-5-21-4-2-6-24(31)27(21)26)13-10-23(25)28(34-29)37-14-15-38(30(39)40)22(17-37)8-11-32/h2-7,20,22H,8-10,12-19H2,1H3,(H,39,40)/t20-,22?/m1/s1. The molecule has 2 aromatic carbocycles. The fourth-order valence-corrected chi connectivity index (χ4v) is 6.67. The summed E-state index contributed by atoms with van der Waals surface area (Å²) in [5.74, 6) is 1.22. The van der Waals surface area contributed by atoms with Crippen LogP contribution in [-0.4, -0.2) is 89.9 Å². The average molecular weight is 576 g/mol. The van der Waals surface area contributed by atoms with Gasteiger partial charge in [0.1, 0.15) is 5.82 Å². The molecule has 4 heterocycles. The number of ether oxygens (including phenoxy) is 1. The molecule has 2 atom stereocenters. The third-order valence-corrected chi connectivity index (χ3v) is 8.80. The number of piperazine rings is 1. The number of hydrogen-bond donors (Lipinski definition) is 1. The van der Waals surface area contributed by atoms with Gasteiger partial charge in [-0.25, -0.2) is 4.79 Å². The molecule has 0 aliphatic carbocycles. The van der Waals surface area contributed by atoms with E-state index in [1.807, 2.05) is 12.1 Å². The Morgan fingerprint density at radius 2 is 1.95 bits per heavy atom. The SMILES string of the molecule is CN1CC[C@@H](COc2nc3c(c(N4CCN(C(=O)O)C(CC#N)C4)n2)CCN(c2cccc4cccc(Cl)c24)C3)C1. The minimum atomic E-state index is -0.996. The second-order valence-electron chi connectivity index (χ2n) is 11.2. The van der Waals surface area contributed by atoms with Crippen molar-refractivity contribution in [1.82, 2.24) is 19.8 Å². The van der Waals surface area contributed by atoms with Crippen LogP contribution in [-0.2, 0) is 13.0 Å². The molecule has 6 rings (SSSR count). The lowest BCUT2D eigenvalue weighted by Crippen LogP contribution is -2.55. The van der Waals surface area contributed by atoms with E-state index in [9.17, 15) is 15.2 Å². The number of aromatic nitrogens is 2. The van der Waals surface area contributed by atoms with E-state index in [1.165, 1.54) is 4.90 Å². The largest absolute Gasteiger partial charge is 0.465 e. The molecule has 3 aliphatic heterocycles. The molecular formula is C30H34ClN7O3. The summed E-state index contributed by atoms with van der Waals surface area (Å²) in [4.78, 5) is 29.7. The summed E-state index contributed by atoms with van der Waals surface area (Å²) in [6.45, 7) is 5.14. The van der Waals surface area contributed by atoms with Gasteiger partial charge in [-0.15, -0.1) is 0 Å². The van der Waals surface area contributed by atoms with E-state index in [1.54, 1.807) is 0 Å². The summed E-state index contributed by atoms with van der Waals surface area (Å²) >= 11 is 6.67. The third kappa shape index (κ3) is 5.56. The second kappa shape index (κ2) is 11.6. The van der Waals surface area contributed by atoms with Gasteiger partial charge in [-0.3, -0.25) is 0 Å². The van der Waals surface area contributed by atoms with E-state index in [0.717, 1.165) is 71.0 Å². The number of hydrogen-bond acceptors (Lipinski definition) is 8. The first-order valence-corrected chi connectivity index (χ1v) is 14.5. The van der Waals surface area contributed by atoms with Gasteiger partial charge in [-0.2, -0.15) is 15.2 Å². The Kier molecular flexibility index (Phi) is 7.73. The monoisotopic (exact) mass is 575 g/mol. The molecule has 214 valence electrons. The summed E-state index contributed by atoms with van der Waals surface area (Å²) in [6, 6.07) is 14.3. The van der Waals surface area contributed by atoms with Crippen molar-refractivity contribution >= 4 is 40.0 Å². The van der Waals surface area contributed by atoms with E-state index < -0.39 is 12.1 Å². The number of nitrogens with zero attached hydrogens (tertiary/aromatic N) is 7. The van der Waals surface area contributed by atoms with Crippen molar-refractivity contribution in [2.24, 2.45) is 5.92 Å². The molecule has 0 spiro atoms. The Labute approximate surface area is 244 Å². The van der Waals surface area contributed by atoms with Gasteiger partial charge in [-0.05, 0) is 44.0 Å². The first-order valence-electron chi connectivity index (χ1n) is 14.2. The number of fused-ring (bicyclic) bond motifs is 2. The predicted molar refractivity (Wildman–Crippen MR) is 158 cm³/mol. The molecule has 1 amide bonds. The van der Waals surface area contributed by atoms with Gasteiger partial charge in [0.2, 0.25) is 0 Å². The zero-order chi connectivity index (χ0) is 28.5. The lowest BCUT2D eigenvalue weighted by molar-refractivity contribution is 0.119. The molecule has 2 fully saturated rings. The van der Waals surface area contributed by atoms with Gasteiger partial charge in [0.05, 0.1) is 42.4 Å². The maximum absolute atomic E-state index is 11.8. The van der Waals surface area contributed by atoms with Crippen LogP contribution in [0.5, 0.6) is 6.01 Å². The van der Waals surface area contributed by atoms with Crippen molar-refractivity contribution in [3.63, 3.8) is 0 Å². The number of rotatable bonds is 6. The molecular weight excluding hydrogens is 542 g/mol. The number of amides is 1. The van der Waals surface area contributed by atoms with Crippen LogP contribution in [0, 0.1) is 17.2 Å². The molecule has 0 saturated carbocycles. The zero-order valence-electron chi connectivity index (χ0n) is 23.2. The van der Waals surface area contributed by atoms with Crippen molar-refractivity contribution in [2.75, 3.05) is 62.7 Å². The number of benzene rings is 2. The molecule has 1 unspecified atom stereocenters. The topological polar surface area (TPSA) is 109 Å². The van der Waals surface area contributed by atoms with Crippen LogP contribution in [0.4, 0.5) is 16.3 Å². The summed E-state index contributed by atoms with van der Waals surface area (Å²) in [5.41, 5.74) is 3.03. The molecule has 2 saturated heterocycles. The van der Waals surface area contributed by atoms with Crippen molar-refractivity contribution < 1.29 is 14.6 Å². The average Bonchev–Trinajstić information content (AvgIpc) is 3.40. The number of carbonyl (C=O) groups is 1. The molecule has 10 nitrogen and oxygen atoms in total. The molecule has 0 bridgehead atoms. The van der Waals surface area contributed by atoms with E-state index in [4.69, 9.17) is 26.3 Å². The molecule has 3 aromatic rings. The van der Waals surface area contributed by atoms with Crippen LogP contribution >= 0.6 is 11.6 Å². The van der Waals surface area contributed by atoms with Gasteiger partial charge < -0.3 is 29.4 Å². The van der Waals surface area contributed by atoms with Crippen LogP contribution in [0.1, 0.15) is 24.1 Å². The van der Waals surface area contributed by atoms with Gasteiger partial charge in [0, 0.05) is 55.3 Å². The van der Waals surface area contributed by atoms with Gasteiger partial charge in [0.25, 0.3) is 0 Å². The maximum atomic E-state index is 11.8. The van der Waals surface area contributed by atoms with Crippen molar-refractivity contribution in [3.05, 3.63) is 52.7 Å². The van der Waals surface area contributed by atoms with Gasteiger partial charge >= 0.3 is 12.1 Å². The minimum Gasteiger partial charge on any atom is -0.465 e. The number of halogens is 1. The Morgan fingerprint density at radius 3 is 2.71 bits per heavy atom. The first-order chi connectivity index (χ1) is 19.9. The van der Waals surface area contributed by atoms with Crippen LogP contribution in [0.25, 0.3) is 10.8 Å². The van der Waals surface area contributed by atoms with Crippen molar-refractivity contribution in [3.8, 4) is 12.1 Å². The number of likely N-dealkylation sites (tertiary alicyclic amines) is 1. The van der Waals surface area contributed by atoms with Gasteiger partial charge in [-0.1, -0.05) is 35.9 Å². The second-order valence-corrected chi connectivity index (χ2v) is 11.6. The van der Waals surface area contributed by atoms with Crippen LogP contribution < -0.4 is 14.5 Å². The van der Waals surface area contributed by atoms with Gasteiger partial charge in [0.15, 0.2) is 0 Å². The van der Waals surface area contributed by atoms with E-state index in [0.29, 0.717) is 44.7 Å². The van der Waals surface area contributed by atoms with Crippen LogP contribution in [0.2, 0.25) is 5.02 Å². The fourth-order valence-electron chi connectivity index (χ4n) is 6.39. The molecule has 3 aliphatic rings. The summed E-state index contributed by atoms with van der Waals surface area (Å²) < 4.78 is 6.23. The molecule has 11 heteroatoms. The Morgan fingerprint density at radius 1 is 1.12 bits per heavy atom. The molecule has 1 N–H and O–H groups in total. The highest BCUT2D eigenvalue weighted by molar-refractivity contribution is 6.36. The molecule has 41 heavy (non-hydrogen) atoms. The summed E-state index contributed by atoms with van der Waals surface area (Å²) in [7, 11) is 2.12. The van der Waals surface area contributed by atoms with E-state index >= 15 is 0 Å². The van der Waals surface area contributed by atoms with Crippen LogP contribution in [0.3, 0.4) is 0 Å². The minimum absolute atomic E-state index is 0.129. The lowest BCUT2D eigenvalue weighted by Gasteiger charge is -2.41. The Hall–Kier alpha value is -3.81. The predicted octanol–water partition coefficient (Wildman–Crippen LogP) is 4.26. The number of anilines is 2. The Balaban J connectivity index is 1.33. The first kappa shape index (κ1) is 27.4. The quantitative estimate of drug-likeness (QED) is 0.461. The highest BCUT2D eigenvalue weighted by atomic mass is 35.5. The summed E-state index contributed by atoms with van der Waals surface area (Å²) in [6.07, 6.45) is 0.937. The van der Waals surface area contributed by atoms with Crippen molar-refractivity contribution in [2.45, 2.75) is 31.8 Å². The number of carboxylic acid groups (broad SMARTS) is 1. The Bertz CT molecular complexity index is 1490. The smallest absolute Gasteiger partial charge is 0.407 e. The van der Waals surface area contributed by atoms with E-state index in [2.05, 4.69) is 52.1 Å². The normalized spacial score (nSPS) is 21.1.